The Morgan fingerprint density at radius 3 is 2.79 bits per heavy atom. The summed E-state index contributed by atoms with van der Waals surface area (Å²) in [5.41, 5.74) is 1.85. The summed E-state index contributed by atoms with van der Waals surface area (Å²) in [5, 5.41) is 12.1. The molecule has 1 amide bonds. The molecule has 0 saturated heterocycles. The lowest BCUT2D eigenvalue weighted by atomic mass is 10.1. The molecule has 2 aromatic heterocycles. The number of hydrogen-bond acceptors (Lipinski definition) is 7. The van der Waals surface area contributed by atoms with E-state index in [0.29, 0.717) is 29.9 Å². The number of hydrogen-bond donors (Lipinski definition) is 1. The summed E-state index contributed by atoms with van der Waals surface area (Å²) in [6.07, 6.45) is 1.62. The van der Waals surface area contributed by atoms with Crippen molar-refractivity contribution >= 4 is 17.7 Å². The Morgan fingerprint density at radius 1 is 1.24 bits per heavy atom. The number of amides is 1. The van der Waals surface area contributed by atoms with Crippen LogP contribution in [0.5, 0.6) is 11.5 Å². The molecule has 1 aliphatic rings. The molecule has 0 bridgehead atoms. The van der Waals surface area contributed by atoms with Crippen LogP contribution < -0.4 is 14.8 Å². The van der Waals surface area contributed by atoms with E-state index in [1.807, 2.05) is 49.7 Å². The first kappa shape index (κ1) is 19.4. The van der Waals surface area contributed by atoms with E-state index in [9.17, 15) is 4.79 Å². The van der Waals surface area contributed by atoms with Crippen molar-refractivity contribution in [2.24, 2.45) is 7.05 Å². The number of fused-ring (bicyclic) bond motifs is 1. The van der Waals surface area contributed by atoms with E-state index < -0.39 is 0 Å². The van der Waals surface area contributed by atoms with Crippen molar-refractivity contribution < 1.29 is 18.7 Å². The Bertz CT molecular complexity index is 1030. The molecule has 0 radical (unpaired) electrons. The first-order valence-corrected chi connectivity index (χ1v) is 10.3. The van der Waals surface area contributed by atoms with Gasteiger partial charge >= 0.3 is 0 Å². The van der Waals surface area contributed by atoms with Crippen LogP contribution in [0.1, 0.15) is 24.3 Å². The Kier molecular flexibility index (Phi) is 5.48. The van der Waals surface area contributed by atoms with E-state index in [0.717, 1.165) is 22.6 Å². The van der Waals surface area contributed by atoms with Gasteiger partial charge in [0.2, 0.25) is 5.91 Å². The Labute approximate surface area is 172 Å². The monoisotopic (exact) mass is 414 g/mol. The number of carbonyl (C=O) groups is 1. The zero-order valence-electron chi connectivity index (χ0n) is 16.5. The van der Waals surface area contributed by atoms with Crippen LogP contribution in [0.15, 0.2) is 40.1 Å². The number of benzene rings is 1. The van der Waals surface area contributed by atoms with Crippen LogP contribution in [0.3, 0.4) is 0 Å². The van der Waals surface area contributed by atoms with Crippen molar-refractivity contribution in [1.29, 1.82) is 0 Å². The van der Waals surface area contributed by atoms with Crippen LogP contribution in [-0.4, -0.2) is 39.6 Å². The third kappa shape index (κ3) is 4.09. The highest BCUT2D eigenvalue weighted by Crippen LogP contribution is 2.32. The van der Waals surface area contributed by atoms with Crippen LogP contribution >= 0.6 is 11.8 Å². The SMILES string of the molecule is Cc1occc1-c1nnc(SCC(=O)N[C@@H](C)c2ccc3c(c2)OCCO3)n1C. The molecule has 1 atom stereocenters. The molecule has 1 aliphatic heterocycles. The summed E-state index contributed by atoms with van der Waals surface area (Å²) in [6, 6.07) is 7.43. The van der Waals surface area contributed by atoms with Gasteiger partial charge in [-0.25, -0.2) is 0 Å². The second-order valence-corrected chi connectivity index (χ2v) is 7.68. The standard InChI is InChI=1S/C20H22N4O4S/c1-12(14-4-5-16-17(10-14)28-9-8-27-16)21-18(25)11-29-20-23-22-19(24(20)3)15-6-7-26-13(15)2/h4-7,10,12H,8-9,11H2,1-3H3,(H,21,25)/t12-/m0/s1. The van der Waals surface area contributed by atoms with Gasteiger partial charge in [-0.1, -0.05) is 17.8 Å². The highest BCUT2D eigenvalue weighted by atomic mass is 32.2. The van der Waals surface area contributed by atoms with Crippen LogP contribution in [0.4, 0.5) is 0 Å². The zero-order valence-corrected chi connectivity index (χ0v) is 17.3. The maximum atomic E-state index is 12.4. The molecular formula is C20H22N4O4S. The number of ether oxygens (including phenoxy) is 2. The van der Waals surface area contributed by atoms with Crippen molar-refractivity contribution in [2.75, 3.05) is 19.0 Å². The summed E-state index contributed by atoms with van der Waals surface area (Å²) >= 11 is 1.34. The number of nitrogens with zero attached hydrogens (tertiary/aromatic N) is 3. The summed E-state index contributed by atoms with van der Waals surface area (Å²) < 4.78 is 18.3. The zero-order chi connectivity index (χ0) is 20.4. The van der Waals surface area contributed by atoms with Gasteiger partial charge in [-0.3, -0.25) is 4.79 Å². The molecule has 0 saturated carbocycles. The summed E-state index contributed by atoms with van der Waals surface area (Å²) in [6.45, 7) is 4.91. The van der Waals surface area contributed by atoms with Gasteiger partial charge in [0.15, 0.2) is 22.5 Å². The number of rotatable bonds is 6. The molecule has 8 nitrogen and oxygen atoms in total. The van der Waals surface area contributed by atoms with E-state index in [4.69, 9.17) is 13.9 Å². The lowest BCUT2D eigenvalue weighted by molar-refractivity contribution is -0.119. The van der Waals surface area contributed by atoms with Gasteiger partial charge in [-0.15, -0.1) is 10.2 Å². The van der Waals surface area contributed by atoms with E-state index in [2.05, 4.69) is 15.5 Å². The lowest BCUT2D eigenvalue weighted by Crippen LogP contribution is -2.28. The molecule has 0 aliphatic carbocycles. The third-order valence-electron chi connectivity index (χ3n) is 4.71. The number of aryl methyl sites for hydroxylation is 1. The summed E-state index contributed by atoms with van der Waals surface area (Å²) in [5.74, 6) is 3.10. The minimum atomic E-state index is -0.150. The van der Waals surface area contributed by atoms with Gasteiger partial charge in [0.05, 0.1) is 23.6 Å². The predicted octanol–water partition coefficient (Wildman–Crippen LogP) is 3.12. The topological polar surface area (TPSA) is 91.4 Å². The lowest BCUT2D eigenvalue weighted by Gasteiger charge is -2.21. The minimum absolute atomic E-state index is 0.0820. The normalized spacial score (nSPS) is 13.9. The first-order chi connectivity index (χ1) is 14.0. The van der Waals surface area contributed by atoms with Gasteiger partial charge in [-0.2, -0.15) is 0 Å². The quantitative estimate of drug-likeness (QED) is 0.620. The predicted molar refractivity (Wildman–Crippen MR) is 108 cm³/mol. The first-order valence-electron chi connectivity index (χ1n) is 9.28. The number of aromatic nitrogens is 3. The van der Waals surface area contributed by atoms with Gasteiger partial charge in [-0.05, 0) is 37.6 Å². The fraction of sp³-hybridized carbons (Fsp3) is 0.350. The van der Waals surface area contributed by atoms with E-state index in [1.54, 1.807) is 6.26 Å². The van der Waals surface area contributed by atoms with Crippen molar-refractivity contribution in [3.63, 3.8) is 0 Å². The van der Waals surface area contributed by atoms with Gasteiger partial charge in [0.25, 0.3) is 0 Å². The highest BCUT2D eigenvalue weighted by Gasteiger charge is 2.18. The van der Waals surface area contributed by atoms with Crippen molar-refractivity contribution in [3.05, 3.63) is 41.9 Å². The van der Waals surface area contributed by atoms with Crippen LogP contribution in [-0.2, 0) is 11.8 Å². The fourth-order valence-corrected chi connectivity index (χ4v) is 3.84. The average molecular weight is 414 g/mol. The maximum Gasteiger partial charge on any atom is 0.230 e. The van der Waals surface area contributed by atoms with Crippen LogP contribution in [0.25, 0.3) is 11.4 Å². The Hall–Kier alpha value is -2.94. The molecule has 0 spiro atoms. The van der Waals surface area contributed by atoms with Crippen LogP contribution in [0, 0.1) is 6.92 Å². The number of thioether (sulfide) groups is 1. The number of carbonyl (C=O) groups excluding carboxylic acids is 1. The van der Waals surface area contributed by atoms with Gasteiger partial charge < -0.3 is 23.8 Å². The second-order valence-electron chi connectivity index (χ2n) is 6.74. The Morgan fingerprint density at radius 2 is 2.03 bits per heavy atom. The van der Waals surface area contributed by atoms with E-state index >= 15 is 0 Å². The van der Waals surface area contributed by atoms with Crippen molar-refractivity contribution in [3.8, 4) is 22.9 Å². The Balaban J connectivity index is 1.36. The molecule has 1 N–H and O–H groups in total. The molecule has 0 unspecified atom stereocenters. The van der Waals surface area contributed by atoms with Crippen molar-refractivity contribution in [1.82, 2.24) is 20.1 Å². The van der Waals surface area contributed by atoms with Crippen LogP contribution in [0.2, 0.25) is 0 Å². The van der Waals surface area contributed by atoms with E-state index in [1.165, 1.54) is 11.8 Å². The van der Waals surface area contributed by atoms with Gasteiger partial charge in [0.1, 0.15) is 19.0 Å². The molecule has 3 heterocycles. The summed E-state index contributed by atoms with van der Waals surface area (Å²) in [4.78, 5) is 12.4. The molecule has 0 fully saturated rings. The maximum absolute atomic E-state index is 12.4. The molecule has 3 aromatic rings. The van der Waals surface area contributed by atoms with Crippen molar-refractivity contribution in [2.45, 2.75) is 25.0 Å². The van der Waals surface area contributed by atoms with E-state index in [-0.39, 0.29) is 17.7 Å². The number of nitrogens with one attached hydrogen (secondary N) is 1. The average Bonchev–Trinajstić information content (AvgIpc) is 3.30. The molecule has 4 rings (SSSR count). The smallest absolute Gasteiger partial charge is 0.230 e. The number of furan rings is 1. The molecule has 9 heteroatoms. The molecule has 152 valence electrons. The molecule has 1 aromatic carbocycles. The second kappa shape index (κ2) is 8.20. The minimum Gasteiger partial charge on any atom is -0.486 e. The highest BCUT2D eigenvalue weighted by molar-refractivity contribution is 7.99. The molecular weight excluding hydrogens is 392 g/mol. The third-order valence-corrected chi connectivity index (χ3v) is 5.73. The molecule has 29 heavy (non-hydrogen) atoms. The van der Waals surface area contributed by atoms with Gasteiger partial charge in [0, 0.05) is 7.05 Å². The largest absolute Gasteiger partial charge is 0.486 e. The fourth-order valence-electron chi connectivity index (χ4n) is 3.12. The summed E-state index contributed by atoms with van der Waals surface area (Å²) in [7, 11) is 1.87.